The molecule has 5 heteroatoms. The van der Waals surface area contributed by atoms with E-state index in [1.807, 2.05) is 0 Å². The van der Waals surface area contributed by atoms with E-state index in [4.69, 9.17) is 14.2 Å². The average molecular weight is 306 g/mol. The van der Waals surface area contributed by atoms with Crippen LogP contribution in [-0.4, -0.2) is 63.9 Å². The molecule has 1 aromatic rings. The van der Waals surface area contributed by atoms with Gasteiger partial charge in [-0.3, -0.25) is 4.90 Å². The molecule has 0 saturated carbocycles. The van der Waals surface area contributed by atoms with Crippen molar-refractivity contribution >= 4 is 0 Å². The molecule has 2 aliphatic heterocycles. The lowest BCUT2D eigenvalue weighted by atomic mass is 9.94. The van der Waals surface area contributed by atoms with Gasteiger partial charge in [-0.2, -0.15) is 0 Å². The van der Waals surface area contributed by atoms with Gasteiger partial charge in [-0.1, -0.05) is 0 Å². The minimum atomic E-state index is 0.815. The van der Waals surface area contributed by atoms with Gasteiger partial charge in [-0.25, -0.2) is 0 Å². The molecule has 0 aliphatic carbocycles. The third-order valence-corrected chi connectivity index (χ3v) is 4.63. The molecule has 1 aromatic carbocycles. The standard InChI is InChI=1S/C17H26N2O3/c1-18-5-4-14-15(12-18)16(20-2)10-13(17(14)21-3)11-19-6-8-22-9-7-19/h10H,4-9,11-12H2,1-3H3. The summed E-state index contributed by atoms with van der Waals surface area (Å²) in [6.07, 6.45) is 1.02. The van der Waals surface area contributed by atoms with E-state index in [-0.39, 0.29) is 0 Å². The molecule has 0 radical (unpaired) electrons. The first kappa shape index (κ1) is 15.6. The van der Waals surface area contributed by atoms with Crippen molar-refractivity contribution in [3.8, 4) is 11.5 Å². The second kappa shape index (κ2) is 6.86. The van der Waals surface area contributed by atoms with Gasteiger partial charge < -0.3 is 19.1 Å². The summed E-state index contributed by atoms with van der Waals surface area (Å²) < 4.78 is 16.9. The second-order valence-electron chi connectivity index (χ2n) is 6.10. The number of morpholine rings is 1. The van der Waals surface area contributed by atoms with Crippen molar-refractivity contribution in [1.29, 1.82) is 0 Å². The molecule has 22 heavy (non-hydrogen) atoms. The zero-order valence-corrected chi connectivity index (χ0v) is 13.9. The molecule has 1 saturated heterocycles. The van der Waals surface area contributed by atoms with Crippen molar-refractivity contribution in [3.05, 3.63) is 22.8 Å². The zero-order chi connectivity index (χ0) is 15.5. The van der Waals surface area contributed by atoms with Gasteiger partial charge in [0.2, 0.25) is 0 Å². The lowest BCUT2D eigenvalue weighted by Crippen LogP contribution is -2.36. The summed E-state index contributed by atoms with van der Waals surface area (Å²) in [5.41, 5.74) is 3.83. The summed E-state index contributed by atoms with van der Waals surface area (Å²) in [4.78, 5) is 4.74. The highest BCUT2D eigenvalue weighted by Gasteiger charge is 2.25. The molecule has 0 aromatic heterocycles. The molecule has 2 heterocycles. The van der Waals surface area contributed by atoms with Gasteiger partial charge in [0.1, 0.15) is 11.5 Å². The van der Waals surface area contributed by atoms with Crippen molar-refractivity contribution in [2.75, 3.05) is 54.1 Å². The molecule has 0 spiro atoms. The fourth-order valence-corrected chi connectivity index (χ4v) is 3.43. The zero-order valence-electron chi connectivity index (χ0n) is 13.9. The molecule has 5 nitrogen and oxygen atoms in total. The highest BCUT2D eigenvalue weighted by molar-refractivity contribution is 5.54. The van der Waals surface area contributed by atoms with Gasteiger partial charge in [0, 0.05) is 49.4 Å². The molecule has 1 fully saturated rings. The van der Waals surface area contributed by atoms with Gasteiger partial charge in [0.15, 0.2) is 0 Å². The van der Waals surface area contributed by atoms with E-state index >= 15 is 0 Å². The first-order valence-corrected chi connectivity index (χ1v) is 7.97. The molecule has 122 valence electrons. The Morgan fingerprint density at radius 2 is 1.86 bits per heavy atom. The number of methoxy groups -OCH3 is 2. The van der Waals surface area contributed by atoms with Gasteiger partial charge in [0.05, 0.1) is 27.4 Å². The van der Waals surface area contributed by atoms with E-state index in [2.05, 4.69) is 22.9 Å². The van der Waals surface area contributed by atoms with E-state index in [0.29, 0.717) is 0 Å². The normalized spacial score (nSPS) is 19.8. The summed E-state index contributed by atoms with van der Waals surface area (Å²) in [6.45, 7) is 6.47. The number of hydrogen-bond donors (Lipinski definition) is 0. The Hall–Kier alpha value is -1.30. The van der Waals surface area contributed by atoms with Crippen molar-refractivity contribution in [1.82, 2.24) is 9.80 Å². The Morgan fingerprint density at radius 1 is 1.09 bits per heavy atom. The van der Waals surface area contributed by atoms with Crippen LogP contribution in [0.5, 0.6) is 11.5 Å². The smallest absolute Gasteiger partial charge is 0.127 e. The lowest BCUT2D eigenvalue weighted by molar-refractivity contribution is 0.0338. The third-order valence-electron chi connectivity index (χ3n) is 4.63. The molecule has 3 rings (SSSR count). The quantitative estimate of drug-likeness (QED) is 0.843. The number of benzene rings is 1. The number of fused-ring (bicyclic) bond motifs is 1. The van der Waals surface area contributed by atoms with Crippen molar-refractivity contribution in [3.63, 3.8) is 0 Å². The Kier molecular flexibility index (Phi) is 4.86. The van der Waals surface area contributed by atoms with E-state index < -0.39 is 0 Å². The second-order valence-corrected chi connectivity index (χ2v) is 6.10. The van der Waals surface area contributed by atoms with Crippen LogP contribution in [0.3, 0.4) is 0 Å². The Balaban J connectivity index is 1.95. The molecule has 0 amide bonds. The topological polar surface area (TPSA) is 34.2 Å². The molecule has 2 aliphatic rings. The molecule has 0 bridgehead atoms. The highest BCUT2D eigenvalue weighted by Crippen LogP contribution is 2.38. The number of nitrogens with zero attached hydrogens (tertiary/aromatic N) is 2. The summed E-state index contributed by atoms with van der Waals surface area (Å²) in [7, 11) is 5.69. The maximum atomic E-state index is 5.79. The van der Waals surface area contributed by atoms with Crippen LogP contribution < -0.4 is 9.47 Å². The Bertz CT molecular complexity index is 527. The van der Waals surface area contributed by atoms with Crippen molar-refractivity contribution in [2.24, 2.45) is 0 Å². The predicted octanol–water partition coefficient (Wildman–Crippen LogP) is 1.52. The average Bonchev–Trinajstić information content (AvgIpc) is 2.55. The van der Waals surface area contributed by atoms with Gasteiger partial charge >= 0.3 is 0 Å². The summed E-state index contributed by atoms with van der Waals surface area (Å²) in [5.74, 6) is 2.04. The molecule has 0 atom stereocenters. The first-order valence-electron chi connectivity index (χ1n) is 7.97. The summed E-state index contributed by atoms with van der Waals surface area (Å²) in [5, 5.41) is 0. The maximum absolute atomic E-state index is 5.79. The molecular formula is C17H26N2O3. The SMILES string of the molecule is COc1cc(CN2CCOCC2)c(OC)c2c1CN(C)CC2. The lowest BCUT2D eigenvalue weighted by Gasteiger charge is -2.31. The van der Waals surface area contributed by atoms with Crippen LogP contribution in [-0.2, 0) is 24.2 Å². The summed E-state index contributed by atoms with van der Waals surface area (Å²) in [6, 6.07) is 2.16. The van der Waals surface area contributed by atoms with Crippen LogP contribution in [0.4, 0.5) is 0 Å². The van der Waals surface area contributed by atoms with Crippen molar-refractivity contribution < 1.29 is 14.2 Å². The minimum absolute atomic E-state index is 0.815. The van der Waals surface area contributed by atoms with Crippen molar-refractivity contribution in [2.45, 2.75) is 19.5 Å². The summed E-state index contributed by atoms with van der Waals surface area (Å²) >= 11 is 0. The van der Waals surface area contributed by atoms with Crippen LogP contribution in [0.15, 0.2) is 6.07 Å². The third kappa shape index (κ3) is 3.07. The number of likely N-dealkylation sites (N-methyl/N-ethyl adjacent to an activating group) is 1. The van der Waals surface area contributed by atoms with Gasteiger partial charge in [-0.05, 0) is 19.5 Å². The molecular weight excluding hydrogens is 280 g/mol. The highest BCUT2D eigenvalue weighted by atomic mass is 16.5. The molecule has 0 N–H and O–H groups in total. The van der Waals surface area contributed by atoms with Crippen LogP contribution in [0.2, 0.25) is 0 Å². The van der Waals surface area contributed by atoms with E-state index in [1.54, 1.807) is 14.2 Å². The van der Waals surface area contributed by atoms with Crippen LogP contribution in [0.1, 0.15) is 16.7 Å². The Morgan fingerprint density at radius 3 is 2.55 bits per heavy atom. The van der Waals surface area contributed by atoms with E-state index in [0.717, 1.165) is 63.9 Å². The van der Waals surface area contributed by atoms with Crippen LogP contribution in [0.25, 0.3) is 0 Å². The fraction of sp³-hybridized carbons (Fsp3) is 0.647. The maximum Gasteiger partial charge on any atom is 0.127 e. The van der Waals surface area contributed by atoms with E-state index in [9.17, 15) is 0 Å². The van der Waals surface area contributed by atoms with Crippen LogP contribution >= 0.6 is 0 Å². The first-order chi connectivity index (χ1) is 10.7. The predicted molar refractivity (Wildman–Crippen MR) is 85.7 cm³/mol. The van der Waals surface area contributed by atoms with Crippen LogP contribution in [0, 0.1) is 0 Å². The fourth-order valence-electron chi connectivity index (χ4n) is 3.43. The monoisotopic (exact) mass is 306 g/mol. The minimum Gasteiger partial charge on any atom is -0.496 e. The number of ether oxygens (including phenoxy) is 3. The van der Waals surface area contributed by atoms with Gasteiger partial charge in [0.25, 0.3) is 0 Å². The van der Waals surface area contributed by atoms with Gasteiger partial charge in [-0.15, -0.1) is 0 Å². The number of rotatable bonds is 4. The number of hydrogen-bond acceptors (Lipinski definition) is 5. The Labute approximate surface area is 132 Å². The largest absolute Gasteiger partial charge is 0.496 e. The molecule has 0 unspecified atom stereocenters. The van der Waals surface area contributed by atoms with E-state index in [1.165, 1.54) is 16.7 Å².